The summed E-state index contributed by atoms with van der Waals surface area (Å²) in [4.78, 5) is 22.0. The van der Waals surface area contributed by atoms with Crippen molar-refractivity contribution in [3.63, 3.8) is 0 Å². The summed E-state index contributed by atoms with van der Waals surface area (Å²) in [5.74, 6) is -5.48. The average molecular weight is 601 g/mol. The number of halogens is 5. The van der Waals surface area contributed by atoms with Gasteiger partial charge in [-0.3, -0.25) is 4.72 Å². The third-order valence-corrected chi connectivity index (χ3v) is 7.62. The van der Waals surface area contributed by atoms with Gasteiger partial charge in [-0.05, 0) is 67.1 Å². The lowest BCUT2D eigenvalue weighted by Crippen LogP contribution is -2.35. The number of nitrogens with one attached hydrogen (secondary N) is 1. The van der Waals surface area contributed by atoms with Crippen molar-refractivity contribution in [2.45, 2.75) is 30.3 Å². The highest BCUT2D eigenvalue weighted by Gasteiger charge is 2.38. The Morgan fingerprint density at radius 2 is 1.54 bits per heavy atom. The van der Waals surface area contributed by atoms with Crippen molar-refractivity contribution in [3.05, 3.63) is 89.5 Å². The van der Waals surface area contributed by atoms with Crippen molar-refractivity contribution in [1.29, 1.82) is 0 Å². The highest BCUT2D eigenvalue weighted by atomic mass is 32.2. The van der Waals surface area contributed by atoms with Crippen molar-refractivity contribution in [2.75, 3.05) is 22.7 Å². The van der Waals surface area contributed by atoms with E-state index in [1.54, 1.807) is 6.07 Å². The zero-order chi connectivity index (χ0) is 30.4. The standard InChI is InChI=1S/C25H24F2N2O4S.C2HF3O2/c26-19-6-8-22(27)24(15-19)34(32,33)28-20-7-9-23(21(16-20)25(30)31)29-12-10-18(11-13-29)14-17-4-2-1-3-5-17;3-2(4,5)1(6)7/h1-9,15-16,18,28H,10-14H2,(H,30,31);(H,6,7). The molecule has 3 N–H and O–H groups in total. The van der Waals surface area contributed by atoms with E-state index in [0.29, 0.717) is 30.8 Å². The number of aromatic carboxylic acids is 1. The fourth-order valence-electron chi connectivity index (χ4n) is 4.27. The topological polar surface area (TPSA) is 124 Å². The van der Waals surface area contributed by atoms with Crippen LogP contribution in [0.4, 0.5) is 33.3 Å². The van der Waals surface area contributed by atoms with Crippen LogP contribution in [0.1, 0.15) is 28.8 Å². The number of carbonyl (C=O) groups is 2. The van der Waals surface area contributed by atoms with Gasteiger partial charge in [0, 0.05) is 18.8 Å². The summed E-state index contributed by atoms with van der Waals surface area (Å²) in [6.07, 6.45) is -2.31. The van der Waals surface area contributed by atoms with Crippen LogP contribution in [-0.2, 0) is 21.2 Å². The van der Waals surface area contributed by atoms with Gasteiger partial charge in [0.15, 0.2) is 0 Å². The molecule has 1 aliphatic heterocycles. The summed E-state index contributed by atoms with van der Waals surface area (Å²) >= 11 is 0. The van der Waals surface area contributed by atoms with Gasteiger partial charge in [0.1, 0.15) is 16.5 Å². The number of nitrogens with zero attached hydrogens (tertiary/aromatic N) is 1. The lowest BCUT2D eigenvalue weighted by atomic mass is 9.90. The number of carboxylic acid groups (broad SMARTS) is 2. The molecular formula is C27H25F5N2O6S. The highest BCUT2D eigenvalue weighted by molar-refractivity contribution is 7.92. The molecule has 3 aromatic rings. The van der Waals surface area contributed by atoms with E-state index in [-0.39, 0.29) is 11.3 Å². The fraction of sp³-hybridized carbons (Fsp3) is 0.259. The smallest absolute Gasteiger partial charge is 0.478 e. The average Bonchev–Trinajstić information content (AvgIpc) is 2.90. The minimum Gasteiger partial charge on any atom is -0.478 e. The number of rotatable bonds is 7. The lowest BCUT2D eigenvalue weighted by Gasteiger charge is -2.34. The first-order chi connectivity index (χ1) is 19.2. The first-order valence-corrected chi connectivity index (χ1v) is 13.6. The number of hydrogen-bond acceptors (Lipinski definition) is 5. The molecule has 8 nitrogen and oxygen atoms in total. The third-order valence-electron chi connectivity index (χ3n) is 6.23. The number of piperidine rings is 1. The first kappa shape index (κ1) is 31.3. The van der Waals surface area contributed by atoms with Crippen LogP contribution >= 0.6 is 0 Å². The Bertz CT molecular complexity index is 1490. The monoisotopic (exact) mass is 600 g/mol. The summed E-state index contributed by atoms with van der Waals surface area (Å²) in [7, 11) is -4.46. The molecule has 1 heterocycles. The van der Waals surface area contributed by atoms with Crippen molar-refractivity contribution in [1.82, 2.24) is 0 Å². The SMILES string of the molecule is O=C(O)C(F)(F)F.O=C(O)c1cc(NS(=O)(=O)c2cc(F)ccc2F)ccc1N1CCC(Cc2ccccc2)CC1. The molecule has 0 radical (unpaired) electrons. The third kappa shape index (κ3) is 8.64. The van der Waals surface area contributed by atoms with Crippen LogP contribution in [0.2, 0.25) is 0 Å². The Morgan fingerprint density at radius 1 is 0.927 bits per heavy atom. The number of benzene rings is 3. The van der Waals surface area contributed by atoms with Crippen molar-refractivity contribution in [3.8, 4) is 0 Å². The van der Waals surface area contributed by atoms with Gasteiger partial charge in [0.05, 0.1) is 11.3 Å². The molecule has 41 heavy (non-hydrogen) atoms. The maximum atomic E-state index is 14.0. The number of carboxylic acids is 2. The fourth-order valence-corrected chi connectivity index (χ4v) is 5.40. The molecule has 0 aromatic heterocycles. The molecule has 1 aliphatic rings. The zero-order valence-corrected chi connectivity index (χ0v) is 22.1. The predicted octanol–water partition coefficient (Wildman–Crippen LogP) is 5.56. The van der Waals surface area contributed by atoms with E-state index < -0.39 is 44.7 Å². The van der Waals surface area contributed by atoms with E-state index in [2.05, 4.69) is 16.9 Å². The number of hydrogen-bond donors (Lipinski definition) is 3. The molecule has 0 unspecified atom stereocenters. The molecule has 0 spiro atoms. The molecule has 0 atom stereocenters. The van der Waals surface area contributed by atoms with Crippen molar-refractivity contribution >= 4 is 33.3 Å². The van der Waals surface area contributed by atoms with E-state index in [4.69, 9.17) is 9.90 Å². The quantitative estimate of drug-likeness (QED) is 0.304. The second-order valence-corrected chi connectivity index (χ2v) is 10.8. The summed E-state index contributed by atoms with van der Waals surface area (Å²) < 4.78 is 86.4. The molecule has 0 bridgehead atoms. The molecule has 220 valence electrons. The normalized spacial score (nSPS) is 14.1. The minimum atomic E-state index is -5.08. The number of aliphatic carboxylic acids is 1. The maximum absolute atomic E-state index is 14.0. The van der Waals surface area contributed by atoms with Gasteiger partial charge in [0.2, 0.25) is 0 Å². The number of sulfonamides is 1. The van der Waals surface area contributed by atoms with Crippen LogP contribution < -0.4 is 9.62 Å². The summed E-state index contributed by atoms with van der Waals surface area (Å²) in [5, 5.41) is 16.9. The van der Waals surface area contributed by atoms with Crippen LogP contribution in [0, 0.1) is 17.6 Å². The molecule has 0 saturated carbocycles. The van der Waals surface area contributed by atoms with Gasteiger partial charge in [-0.15, -0.1) is 0 Å². The highest BCUT2D eigenvalue weighted by Crippen LogP contribution is 2.31. The lowest BCUT2D eigenvalue weighted by molar-refractivity contribution is -0.192. The second-order valence-electron chi connectivity index (χ2n) is 9.14. The predicted molar refractivity (Wildman–Crippen MR) is 139 cm³/mol. The van der Waals surface area contributed by atoms with Gasteiger partial charge in [-0.25, -0.2) is 26.8 Å². The van der Waals surface area contributed by atoms with Crippen LogP contribution in [-0.4, -0.2) is 49.8 Å². The first-order valence-electron chi connectivity index (χ1n) is 12.1. The largest absolute Gasteiger partial charge is 0.490 e. The van der Waals surface area contributed by atoms with Gasteiger partial charge in [-0.1, -0.05) is 30.3 Å². The van der Waals surface area contributed by atoms with Gasteiger partial charge in [0.25, 0.3) is 10.0 Å². The van der Waals surface area contributed by atoms with Crippen LogP contribution in [0.15, 0.2) is 71.6 Å². The Morgan fingerprint density at radius 3 is 2.10 bits per heavy atom. The van der Waals surface area contributed by atoms with Crippen molar-refractivity contribution < 1.29 is 50.2 Å². The van der Waals surface area contributed by atoms with Gasteiger partial charge >= 0.3 is 18.1 Å². The Kier molecular flexibility index (Phi) is 9.92. The number of anilines is 2. The summed E-state index contributed by atoms with van der Waals surface area (Å²) in [6, 6.07) is 16.5. The van der Waals surface area contributed by atoms with E-state index in [1.165, 1.54) is 17.7 Å². The van der Waals surface area contributed by atoms with E-state index in [9.17, 15) is 40.3 Å². The molecule has 0 amide bonds. The Hall–Kier alpha value is -4.20. The van der Waals surface area contributed by atoms with E-state index >= 15 is 0 Å². The van der Waals surface area contributed by atoms with Crippen molar-refractivity contribution in [2.24, 2.45) is 5.92 Å². The molecule has 1 saturated heterocycles. The molecule has 1 fully saturated rings. The molecule has 14 heteroatoms. The Labute approximate surface area is 232 Å². The second kappa shape index (κ2) is 13.0. The van der Waals surface area contributed by atoms with Gasteiger partial charge in [-0.2, -0.15) is 13.2 Å². The van der Waals surface area contributed by atoms with E-state index in [1.807, 2.05) is 23.1 Å². The Balaban J connectivity index is 0.000000587. The van der Waals surface area contributed by atoms with Crippen LogP contribution in [0.5, 0.6) is 0 Å². The molecule has 3 aromatic carbocycles. The van der Waals surface area contributed by atoms with Gasteiger partial charge < -0.3 is 15.1 Å². The van der Waals surface area contributed by atoms with E-state index in [0.717, 1.165) is 31.4 Å². The zero-order valence-electron chi connectivity index (χ0n) is 21.2. The maximum Gasteiger partial charge on any atom is 0.490 e. The molecule has 0 aliphatic carbocycles. The molecule has 4 rings (SSSR count). The summed E-state index contributed by atoms with van der Waals surface area (Å²) in [6.45, 7) is 1.36. The molecular weight excluding hydrogens is 575 g/mol. The van der Waals surface area contributed by atoms with Crippen LogP contribution in [0.25, 0.3) is 0 Å². The van der Waals surface area contributed by atoms with Crippen LogP contribution in [0.3, 0.4) is 0 Å². The summed E-state index contributed by atoms with van der Waals surface area (Å²) in [5.41, 5.74) is 1.65. The number of alkyl halides is 3. The minimum absolute atomic E-state index is 0.0521.